The fourth-order valence-electron chi connectivity index (χ4n) is 3.18. The third-order valence-corrected chi connectivity index (χ3v) is 6.79. The Bertz CT molecular complexity index is 1070. The number of allylic oxidation sites excluding steroid dienone is 2. The fraction of sp³-hybridized carbons (Fsp3) is 0.286. The van der Waals surface area contributed by atoms with Gasteiger partial charge in [-0.3, -0.25) is 9.52 Å². The largest absolute Gasteiger partial charge is 0.496 e. The molecule has 0 fully saturated rings. The van der Waals surface area contributed by atoms with E-state index in [0.717, 1.165) is 12.8 Å². The summed E-state index contributed by atoms with van der Waals surface area (Å²) in [5, 5.41) is 2.82. The van der Waals surface area contributed by atoms with Gasteiger partial charge >= 0.3 is 0 Å². The highest BCUT2D eigenvalue weighted by molar-refractivity contribution is 9.10. The van der Waals surface area contributed by atoms with Gasteiger partial charge in [0, 0.05) is 11.6 Å². The third kappa shape index (κ3) is 5.14. The number of carbonyl (C=O) groups excluding carboxylic acids is 1. The van der Waals surface area contributed by atoms with Crippen LogP contribution in [0.25, 0.3) is 0 Å². The van der Waals surface area contributed by atoms with E-state index in [1.54, 1.807) is 24.3 Å². The number of ether oxygens (including phenoxy) is 2. The molecule has 0 radical (unpaired) electrons. The highest BCUT2D eigenvalue weighted by Gasteiger charge is 2.23. The van der Waals surface area contributed by atoms with Gasteiger partial charge in [-0.15, -0.1) is 0 Å². The average Bonchev–Trinajstić information content (AvgIpc) is 2.74. The SMILES string of the molecule is COc1ccc(NS(=O)(=O)c2cc(NC(=O)[C@H]3CC=CCC3)ccc2OC)cc1Br. The van der Waals surface area contributed by atoms with Crippen molar-refractivity contribution in [3.63, 3.8) is 0 Å². The Morgan fingerprint density at radius 2 is 1.73 bits per heavy atom. The first-order valence-electron chi connectivity index (χ1n) is 9.34. The van der Waals surface area contributed by atoms with Crippen LogP contribution >= 0.6 is 15.9 Å². The van der Waals surface area contributed by atoms with E-state index >= 15 is 0 Å². The second-order valence-electron chi connectivity index (χ2n) is 6.79. The molecule has 0 saturated heterocycles. The minimum absolute atomic E-state index is 0.0710. The van der Waals surface area contributed by atoms with Crippen molar-refractivity contribution in [2.24, 2.45) is 5.92 Å². The zero-order chi connectivity index (χ0) is 21.7. The third-order valence-electron chi connectivity index (χ3n) is 4.76. The van der Waals surface area contributed by atoms with Gasteiger partial charge in [0.2, 0.25) is 5.91 Å². The number of benzene rings is 2. The molecule has 1 atom stereocenters. The molecule has 30 heavy (non-hydrogen) atoms. The second-order valence-corrected chi connectivity index (χ2v) is 9.30. The molecule has 0 heterocycles. The maximum atomic E-state index is 13.0. The fourth-order valence-corrected chi connectivity index (χ4v) is 4.97. The van der Waals surface area contributed by atoms with E-state index in [1.807, 2.05) is 6.08 Å². The average molecular weight is 495 g/mol. The van der Waals surface area contributed by atoms with Crippen molar-refractivity contribution in [1.82, 2.24) is 0 Å². The standard InChI is InChI=1S/C21H23BrN2O5S/c1-28-18-10-9-16(12-17(18)22)24-30(26,27)20-13-15(8-11-19(20)29-2)23-21(25)14-6-4-3-5-7-14/h3-4,8-14,24H,5-7H2,1-2H3,(H,23,25)/t14-/m0/s1. The van der Waals surface area contributed by atoms with Gasteiger partial charge in [0.15, 0.2) is 0 Å². The summed E-state index contributed by atoms with van der Waals surface area (Å²) < 4.78 is 39.6. The lowest BCUT2D eigenvalue weighted by Crippen LogP contribution is -2.23. The summed E-state index contributed by atoms with van der Waals surface area (Å²) in [5.74, 6) is 0.512. The van der Waals surface area contributed by atoms with Crippen LogP contribution in [-0.2, 0) is 14.8 Å². The summed E-state index contributed by atoms with van der Waals surface area (Å²) >= 11 is 3.34. The van der Waals surface area contributed by atoms with Crippen molar-refractivity contribution >= 4 is 43.2 Å². The van der Waals surface area contributed by atoms with E-state index in [4.69, 9.17) is 9.47 Å². The number of amides is 1. The second kappa shape index (κ2) is 9.53. The number of hydrogen-bond acceptors (Lipinski definition) is 5. The maximum absolute atomic E-state index is 13.0. The number of halogens is 1. The zero-order valence-electron chi connectivity index (χ0n) is 16.6. The molecule has 0 saturated carbocycles. The number of methoxy groups -OCH3 is 2. The first-order valence-corrected chi connectivity index (χ1v) is 11.6. The van der Waals surface area contributed by atoms with E-state index in [9.17, 15) is 13.2 Å². The number of sulfonamides is 1. The number of rotatable bonds is 7. The molecule has 0 unspecified atom stereocenters. The van der Waals surface area contributed by atoms with Gasteiger partial charge in [0.25, 0.3) is 10.0 Å². The van der Waals surface area contributed by atoms with E-state index in [1.165, 1.54) is 26.4 Å². The smallest absolute Gasteiger partial charge is 0.265 e. The van der Waals surface area contributed by atoms with Gasteiger partial charge in [0.1, 0.15) is 16.4 Å². The molecule has 1 amide bonds. The number of nitrogens with one attached hydrogen (secondary N) is 2. The van der Waals surface area contributed by atoms with Gasteiger partial charge in [-0.1, -0.05) is 12.2 Å². The lowest BCUT2D eigenvalue weighted by Gasteiger charge is -2.18. The normalized spacial score (nSPS) is 16.0. The van der Waals surface area contributed by atoms with Crippen LogP contribution in [0.2, 0.25) is 0 Å². The summed E-state index contributed by atoms with van der Waals surface area (Å²) in [4.78, 5) is 12.4. The Kier molecular flexibility index (Phi) is 7.04. The molecule has 7 nitrogen and oxygen atoms in total. The minimum Gasteiger partial charge on any atom is -0.496 e. The Labute approximate surface area is 184 Å². The van der Waals surface area contributed by atoms with E-state index in [2.05, 4.69) is 32.0 Å². The van der Waals surface area contributed by atoms with Crippen LogP contribution in [0.3, 0.4) is 0 Å². The van der Waals surface area contributed by atoms with Crippen LogP contribution in [-0.4, -0.2) is 28.5 Å². The van der Waals surface area contributed by atoms with Crippen LogP contribution in [0.1, 0.15) is 19.3 Å². The Hall–Kier alpha value is -2.52. The lowest BCUT2D eigenvalue weighted by atomic mass is 9.93. The Morgan fingerprint density at radius 3 is 2.37 bits per heavy atom. The molecular weight excluding hydrogens is 472 g/mol. The van der Waals surface area contributed by atoms with Crippen LogP contribution < -0.4 is 19.5 Å². The molecule has 9 heteroatoms. The molecule has 0 spiro atoms. The molecule has 0 bridgehead atoms. The van der Waals surface area contributed by atoms with Gasteiger partial charge in [-0.25, -0.2) is 8.42 Å². The first-order chi connectivity index (χ1) is 14.3. The summed E-state index contributed by atoms with van der Waals surface area (Å²) in [7, 11) is -1.05. The summed E-state index contributed by atoms with van der Waals surface area (Å²) in [5.41, 5.74) is 0.750. The molecule has 3 rings (SSSR count). The quantitative estimate of drug-likeness (QED) is 0.550. The van der Waals surface area contributed by atoms with Gasteiger partial charge in [0.05, 0.1) is 24.4 Å². The summed E-state index contributed by atoms with van der Waals surface area (Å²) in [6.45, 7) is 0. The van der Waals surface area contributed by atoms with Crippen LogP contribution in [0, 0.1) is 5.92 Å². The van der Waals surface area contributed by atoms with Crippen molar-refractivity contribution in [3.05, 3.63) is 53.0 Å². The van der Waals surface area contributed by atoms with Crippen LogP contribution in [0.4, 0.5) is 11.4 Å². The monoisotopic (exact) mass is 494 g/mol. The molecule has 0 aliphatic heterocycles. The summed E-state index contributed by atoms with van der Waals surface area (Å²) in [6, 6.07) is 9.39. The van der Waals surface area contributed by atoms with Gasteiger partial charge in [-0.05, 0) is 71.6 Å². The molecule has 2 aromatic rings. The number of hydrogen-bond donors (Lipinski definition) is 2. The predicted molar refractivity (Wildman–Crippen MR) is 120 cm³/mol. The van der Waals surface area contributed by atoms with Crippen molar-refractivity contribution in [1.29, 1.82) is 0 Å². The molecule has 1 aliphatic carbocycles. The molecule has 1 aliphatic rings. The highest BCUT2D eigenvalue weighted by Crippen LogP contribution is 2.32. The number of anilines is 2. The Morgan fingerprint density at radius 1 is 1.03 bits per heavy atom. The molecular formula is C21H23BrN2O5S. The molecule has 0 aromatic heterocycles. The predicted octanol–water partition coefficient (Wildman–Crippen LogP) is 4.56. The zero-order valence-corrected chi connectivity index (χ0v) is 19.0. The van der Waals surface area contributed by atoms with E-state index < -0.39 is 10.0 Å². The van der Waals surface area contributed by atoms with Crippen LogP contribution in [0.15, 0.2) is 57.9 Å². The maximum Gasteiger partial charge on any atom is 0.265 e. The first kappa shape index (κ1) is 22.2. The lowest BCUT2D eigenvalue weighted by molar-refractivity contribution is -0.120. The van der Waals surface area contributed by atoms with Crippen molar-refractivity contribution < 1.29 is 22.7 Å². The molecule has 2 N–H and O–H groups in total. The topological polar surface area (TPSA) is 93.7 Å². The van der Waals surface area contributed by atoms with Crippen molar-refractivity contribution in [3.8, 4) is 11.5 Å². The highest BCUT2D eigenvalue weighted by atomic mass is 79.9. The summed E-state index contributed by atoms with van der Waals surface area (Å²) in [6.07, 6.45) is 6.37. The van der Waals surface area contributed by atoms with E-state index in [-0.39, 0.29) is 22.5 Å². The van der Waals surface area contributed by atoms with Crippen molar-refractivity contribution in [2.75, 3.05) is 24.3 Å². The molecule has 2 aromatic carbocycles. The van der Waals surface area contributed by atoms with Crippen LogP contribution in [0.5, 0.6) is 11.5 Å². The van der Waals surface area contributed by atoms with Gasteiger partial charge < -0.3 is 14.8 Å². The van der Waals surface area contributed by atoms with Crippen molar-refractivity contribution in [2.45, 2.75) is 24.2 Å². The molecule has 160 valence electrons. The van der Waals surface area contributed by atoms with Gasteiger partial charge in [-0.2, -0.15) is 0 Å². The minimum atomic E-state index is -3.97. The number of carbonyl (C=O) groups is 1. The van der Waals surface area contributed by atoms with E-state index in [0.29, 0.717) is 28.0 Å². The Balaban J connectivity index is 1.85.